The van der Waals surface area contributed by atoms with E-state index in [9.17, 15) is 18.0 Å². The molecule has 2 N–H and O–H groups in total. The second-order valence-corrected chi connectivity index (χ2v) is 4.98. The Hall–Kier alpha value is -3.16. The van der Waals surface area contributed by atoms with Crippen LogP contribution in [0.3, 0.4) is 0 Å². The second kappa shape index (κ2) is 5.80. The lowest BCUT2D eigenvalue weighted by Crippen LogP contribution is -2.13. The Morgan fingerprint density at radius 1 is 1.17 bits per heavy atom. The number of pyridine rings is 2. The van der Waals surface area contributed by atoms with Gasteiger partial charge in [-0.3, -0.25) is 9.20 Å². The summed E-state index contributed by atoms with van der Waals surface area (Å²) in [5.74, 6) is -0.622. The van der Waals surface area contributed by atoms with Crippen molar-refractivity contribution in [3.05, 3.63) is 65.4 Å². The van der Waals surface area contributed by atoms with Crippen molar-refractivity contribution in [1.82, 2.24) is 14.4 Å². The summed E-state index contributed by atoms with van der Waals surface area (Å²) in [6.45, 7) is 0. The number of alkyl halides is 3. The molecular weight excluding hydrogens is 321 g/mol. The fraction of sp³-hybridized carbons (Fsp3) is 0.0625. The fourth-order valence-corrected chi connectivity index (χ4v) is 2.16. The van der Waals surface area contributed by atoms with Crippen molar-refractivity contribution in [2.45, 2.75) is 6.18 Å². The van der Waals surface area contributed by atoms with Gasteiger partial charge in [0.2, 0.25) is 0 Å². The summed E-state index contributed by atoms with van der Waals surface area (Å²) in [5, 5.41) is 0. The minimum absolute atomic E-state index is 0.172. The molecule has 0 aromatic carbocycles. The summed E-state index contributed by atoms with van der Waals surface area (Å²) in [4.78, 5) is 18.9. The molecular formula is C16H11F3N4O. The molecule has 3 heterocycles. The first-order valence-corrected chi connectivity index (χ1v) is 6.84. The van der Waals surface area contributed by atoms with Crippen molar-refractivity contribution in [1.29, 1.82) is 0 Å². The maximum atomic E-state index is 12.6. The van der Waals surface area contributed by atoms with Crippen LogP contribution in [0.5, 0.6) is 0 Å². The molecule has 122 valence electrons. The van der Waals surface area contributed by atoms with Crippen molar-refractivity contribution in [3.8, 4) is 0 Å². The number of hydrogen-bond acceptors (Lipinski definition) is 3. The maximum Gasteiger partial charge on any atom is 0.433 e. The molecule has 1 amide bonds. The molecule has 5 nitrogen and oxygen atoms in total. The van der Waals surface area contributed by atoms with Gasteiger partial charge in [0, 0.05) is 6.20 Å². The van der Waals surface area contributed by atoms with Crippen LogP contribution in [0, 0.1) is 0 Å². The van der Waals surface area contributed by atoms with Gasteiger partial charge in [-0.2, -0.15) is 13.2 Å². The highest BCUT2D eigenvalue weighted by atomic mass is 19.4. The van der Waals surface area contributed by atoms with Gasteiger partial charge in [0.15, 0.2) is 0 Å². The number of primary amides is 1. The highest BCUT2D eigenvalue weighted by Crippen LogP contribution is 2.27. The summed E-state index contributed by atoms with van der Waals surface area (Å²) >= 11 is 0. The van der Waals surface area contributed by atoms with Gasteiger partial charge in [0.05, 0.1) is 11.9 Å². The van der Waals surface area contributed by atoms with Crippen LogP contribution in [0.15, 0.2) is 42.7 Å². The van der Waals surface area contributed by atoms with Gasteiger partial charge in [-0.05, 0) is 35.9 Å². The molecule has 3 aromatic rings. The fourth-order valence-electron chi connectivity index (χ4n) is 2.16. The number of aromatic nitrogens is 3. The standard InChI is InChI=1S/C16H11F3N4O/c17-16(18,19)13-3-1-2-11(22-13)6-4-10-5-7-14-21-8-12(15(20)24)23(14)9-10/h1-9H,(H2,20,24)/b6-4-. The topological polar surface area (TPSA) is 73.3 Å². The smallest absolute Gasteiger partial charge is 0.364 e. The second-order valence-electron chi connectivity index (χ2n) is 4.98. The molecule has 0 aliphatic rings. The Labute approximate surface area is 134 Å². The van der Waals surface area contributed by atoms with Crippen molar-refractivity contribution in [3.63, 3.8) is 0 Å². The molecule has 0 saturated heterocycles. The number of fused-ring (bicyclic) bond motifs is 1. The highest BCUT2D eigenvalue weighted by molar-refractivity contribution is 5.91. The predicted molar refractivity (Wildman–Crippen MR) is 81.9 cm³/mol. The zero-order valence-electron chi connectivity index (χ0n) is 12.2. The van der Waals surface area contributed by atoms with Crippen LogP contribution in [-0.4, -0.2) is 20.3 Å². The third-order valence-corrected chi connectivity index (χ3v) is 3.29. The molecule has 0 aliphatic carbocycles. The van der Waals surface area contributed by atoms with Crippen molar-refractivity contribution >= 4 is 23.7 Å². The lowest BCUT2D eigenvalue weighted by molar-refractivity contribution is -0.141. The minimum Gasteiger partial charge on any atom is -0.364 e. The third kappa shape index (κ3) is 3.12. The molecule has 3 rings (SSSR count). The van der Waals surface area contributed by atoms with E-state index in [1.165, 1.54) is 28.8 Å². The normalized spacial score (nSPS) is 12.1. The summed E-state index contributed by atoms with van der Waals surface area (Å²) < 4.78 is 39.5. The molecule has 0 atom stereocenters. The number of carbonyl (C=O) groups excluding carboxylic acids is 1. The Bertz CT molecular complexity index is 944. The lowest BCUT2D eigenvalue weighted by atomic mass is 10.2. The van der Waals surface area contributed by atoms with Crippen LogP contribution in [0.4, 0.5) is 13.2 Å². The molecule has 0 saturated carbocycles. The monoisotopic (exact) mass is 332 g/mol. The number of rotatable bonds is 3. The van der Waals surface area contributed by atoms with Gasteiger partial charge in [-0.1, -0.05) is 12.1 Å². The van der Waals surface area contributed by atoms with Crippen LogP contribution in [0.25, 0.3) is 17.8 Å². The van der Waals surface area contributed by atoms with Crippen LogP contribution in [0.2, 0.25) is 0 Å². The number of nitrogens with two attached hydrogens (primary N) is 1. The van der Waals surface area contributed by atoms with E-state index in [1.807, 2.05) is 0 Å². The number of amides is 1. The molecule has 0 aliphatic heterocycles. The number of imidazole rings is 1. The Morgan fingerprint density at radius 3 is 2.67 bits per heavy atom. The first-order valence-electron chi connectivity index (χ1n) is 6.84. The quantitative estimate of drug-likeness (QED) is 0.801. The number of carbonyl (C=O) groups is 1. The van der Waals surface area contributed by atoms with Gasteiger partial charge >= 0.3 is 6.18 Å². The van der Waals surface area contributed by atoms with E-state index in [2.05, 4.69) is 9.97 Å². The van der Waals surface area contributed by atoms with E-state index in [1.54, 1.807) is 24.4 Å². The Kier molecular flexibility index (Phi) is 3.80. The van der Waals surface area contributed by atoms with E-state index >= 15 is 0 Å². The molecule has 0 bridgehead atoms. The molecule has 0 fully saturated rings. The number of nitrogens with zero attached hydrogens (tertiary/aromatic N) is 3. The molecule has 0 spiro atoms. The van der Waals surface area contributed by atoms with Crippen LogP contribution in [0.1, 0.15) is 27.4 Å². The third-order valence-electron chi connectivity index (χ3n) is 3.29. The number of hydrogen-bond donors (Lipinski definition) is 1. The minimum atomic E-state index is -4.49. The van der Waals surface area contributed by atoms with Crippen LogP contribution in [-0.2, 0) is 6.18 Å². The maximum absolute atomic E-state index is 12.6. The summed E-state index contributed by atoms with van der Waals surface area (Å²) in [5.41, 5.74) is 5.90. The largest absolute Gasteiger partial charge is 0.433 e. The van der Waals surface area contributed by atoms with Crippen LogP contribution < -0.4 is 5.73 Å². The van der Waals surface area contributed by atoms with Crippen molar-refractivity contribution in [2.75, 3.05) is 0 Å². The van der Waals surface area contributed by atoms with Gasteiger partial charge in [0.25, 0.3) is 5.91 Å². The predicted octanol–water partition coefficient (Wildman–Crippen LogP) is 3.02. The zero-order chi connectivity index (χ0) is 17.3. The van der Waals surface area contributed by atoms with Gasteiger partial charge < -0.3 is 5.73 Å². The van der Waals surface area contributed by atoms with Crippen molar-refractivity contribution < 1.29 is 18.0 Å². The zero-order valence-corrected chi connectivity index (χ0v) is 12.2. The lowest BCUT2D eigenvalue weighted by Gasteiger charge is -2.05. The first-order chi connectivity index (χ1) is 11.3. The molecule has 24 heavy (non-hydrogen) atoms. The van der Waals surface area contributed by atoms with Crippen LogP contribution >= 0.6 is 0 Å². The summed E-state index contributed by atoms with van der Waals surface area (Å²) in [6.07, 6.45) is 1.53. The van der Waals surface area contributed by atoms with Gasteiger partial charge in [0.1, 0.15) is 17.0 Å². The van der Waals surface area contributed by atoms with Crippen molar-refractivity contribution in [2.24, 2.45) is 5.73 Å². The van der Waals surface area contributed by atoms with E-state index in [0.29, 0.717) is 11.2 Å². The van der Waals surface area contributed by atoms with E-state index < -0.39 is 17.8 Å². The van der Waals surface area contributed by atoms with E-state index in [0.717, 1.165) is 6.07 Å². The van der Waals surface area contributed by atoms with Gasteiger partial charge in [-0.15, -0.1) is 0 Å². The highest BCUT2D eigenvalue weighted by Gasteiger charge is 2.32. The van der Waals surface area contributed by atoms with E-state index in [-0.39, 0.29) is 11.4 Å². The Morgan fingerprint density at radius 2 is 1.96 bits per heavy atom. The first kappa shape index (κ1) is 15.7. The molecule has 0 unspecified atom stereocenters. The molecule has 3 aromatic heterocycles. The SMILES string of the molecule is NC(=O)c1cnc2ccc(/C=C\c3cccc(C(F)(F)F)n3)cn12. The van der Waals surface area contributed by atoms with Gasteiger partial charge in [-0.25, -0.2) is 9.97 Å². The molecule has 0 radical (unpaired) electrons. The Balaban J connectivity index is 1.93. The average molecular weight is 332 g/mol. The number of halogens is 3. The van der Waals surface area contributed by atoms with E-state index in [4.69, 9.17) is 5.73 Å². The summed E-state index contributed by atoms with van der Waals surface area (Å²) in [6, 6.07) is 7.06. The molecule has 8 heteroatoms. The summed E-state index contributed by atoms with van der Waals surface area (Å²) in [7, 11) is 0. The average Bonchev–Trinajstić information content (AvgIpc) is 2.95.